The van der Waals surface area contributed by atoms with Crippen LogP contribution in [0.15, 0.2) is 59.5 Å². The summed E-state index contributed by atoms with van der Waals surface area (Å²) < 4.78 is 15.4. The molecular weight excluding hydrogens is 390 g/mol. The molecule has 1 amide bonds. The maximum Gasteiger partial charge on any atom is 0.331 e. The molecule has 0 aromatic heterocycles. The molecule has 154 valence electrons. The Morgan fingerprint density at radius 1 is 1.07 bits per heavy atom. The molecule has 0 spiro atoms. The fourth-order valence-electron chi connectivity index (χ4n) is 2.37. The van der Waals surface area contributed by atoms with Gasteiger partial charge in [-0.2, -0.15) is 0 Å². The Hall–Kier alpha value is -2.93. The number of hydrogen-bond acceptors (Lipinski definition) is 6. The molecular formula is C22H25NO5S. The zero-order valence-electron chi connectivity index (χ0n) is 16.6. The second-order valence-corrected chi connectivity index (χ2v) is 7.08. The maximum atomic E-state index is 11.8. The first-order valence-corrected chi connectivity index (χ1v) is 10.1. The summed E-state index contributed by atoms with van der Waals surface area (Å²) in [6.45, 7) is 0.220. The lowest BCUT2D eigenvalue weighted by atomic mass is 10.1. The van der Waals surface area contributed by atoms with Crippen LogP contribution in [0, 0.1) is 0 Å². The van der Waals surface area contributed by atoms with Crippen LogP contribution >= 0.6 is 11.8 Å². The van der Waals surface area contributed by atoms with Gasteiger partial charge in [-0.05, 0) is 48.6 Å². The van der Waals surface area contributed by atoms with Gasteiger partial charge in [0, 0.05) is 23.1 Å². The molecule has 0 atom stereocenters. The number of benzene rings is 2. The van der Waals surface area contributed by atoms with Crippen molar-refractivity contribution in [2.45, 2.75) is 11.3 Å². The van der Waals surface area contributed by atoms with Gasteiger partial charge >= 0.3 is 5.97 Å². The maximum absolute atomic E-state index is 11.8. The lowest BCUT2D eigenvalue weighted by Crippen LogP contribution is -2.29. The first kappa shape index (κ1) is 22.4. The SMILES string of the molecule is COc1ccc(OC)c(/C=C/C(=O)OCC(=O)NCCCSc2ccccc2)c1. The fraction of sp³-hybridized carbons (Fsp3) is 0.273. The normalized spacial score (nSPS) is 10.6. The minimum absolute atomic E-state index is 0.315. The molecule has 0 heterocycles. The van der Waals surface area contributed by atoms with Crippen molar-refractivity contribution in [3.63, 3.8) is 0 Å². The first-order valence-electron chi connectivity index (χ1n) is 9.14. The van der Waals surface area contributed by atoms with Crippen LogP contribution in [0.3, 0.4) is 0 Å². The Balaban J connectivity index is 1.66. The molecule has 0 aliphatic heterocycles. The zero-order valence-corrected chi connectivity index (χ0v) is 17.4. The van der Waals surface area contributed by atoms with E-state index in [2.05, 4.69) is 17.4 Å². The van der Waals surface area contributed by atoms with E-state index in [0.717, 1.165) is 12.2 Å². The number of rotatable bonds is 11. The van der Waals surface area contributed by atoms with E-state index in [4.69, 9.17) is 14.2 Å². The summed E-state index contributed by atoms with van der Waals surface area (Å²) in [5.74, 6) is 1.21. The highest BCUT2D eigenvalue weighted by molar-refractivity contribution is 7.99. The summed E-state index contributed by atoms with van der Waals surface area (Å²) in [6, 6.07) is 15.3. The summed E-state index contributed by atoms with van der Waals surface area (Å²) in [7, 11) is 3.10. The van der Waals surface area contributed by atoms with E-state index in [0.29, 0.717) is 23.6 Å². The molecule has 0 saturated carbocycles. The van der Waals surface area contributed by atoms with Gasteiger partial charge in [0.05, 0.1) is 14.2 Å². The quantitative estimate of drug-likeness (QED) is 0.262. The number of carbonyl (C=O) groups is 2. The topological polar surface area (TPSA) is 73.9 Å². The fourth-order valence-corrected chi connectivity index (χ4v) is 3.24. The van der Waals surface area contributed by atoms with Gasteiger partial charge in [-0.25, -0.2) is 4.79 Å². The van der Waals surface area contributed by atoms with Crippen LogP contribution < -0.4 is 14.8 Å². The van der Waals surface area contributed by atoms with Gasteiger partial charge in [-0.3, -0.25) is 4.79 Å². The zero-order chi connectivity index (χ0) is 20.9. The van der Waals surface area contributed by atoms with Crippen molar-refractivity contribution >= 4 is 29.7 Å². The minimum atomic E-state index is -0.607. The Bertz CT molecular complexity index is 823. The van der Waals surface area contributed by atoms with Crippen molar-refractivity contribution in [1.29, 1.82) is 0 Å². The van der Waals surface area contributed by atoms with Gasteiger partial charge in [0.2, 0.25) is 0 Å². The van der Waals surface area contributed by atoms with Crippen LogP contribution in [0.2, 0.25) is 0 Å². The number of carbonyl (C=O) groups excluding carboxylic acids is 2. The average Bonchev–Trinajstić information content (AvgIpc) is 2.76. The molecule has 0 fully saturated rings. The molecule has 0 bridgehead atoms. The predicted molar refractivity (Wildman–Crippen MR) is 114 cm³/mol. The number of esters is 1. The molecule has 7 heteroatoms. The minimum Gasteiger partial charge on any atom is -0.497 e. The number of hydrogen-bond donors (Lipinski definition) is 1. The van der Waals surface area contributed by atoms with E-state index in [1.807, 2.05) is 18.2 Å². The van der Waals surface area contributed by atoms with Crippen molar-refractivity contribution in [2.75, 3.05) is 33.1 Å². The second kappa shape index (κ2) is 12.5. The number of nitrogens with one attached hydrogen (secondary N) is 1. The summed E-state index contributed by atoms with van der Waals surface area (Å²) >= 11 is 1.74. The predicted octanol–water partition coefficient (Wildman–Crippen LogP) is 3.56. The number of ether oxygens (including phenoxy) is 3. The van der Waals surface area contributed by atoms with Crippen LogP contribution in [0.1, 0.15) is 12.0 Å². The van der Waals surface area contributed by atoms with Crippen LogP contribution in [-0.2, 0) is 14.3 Å². The first-order chi connectivity index (χ1) is 14.1. The highest BCUT2D eigenvalue weighted by Crippen LogP contribution is 2.25. The molecule has 29 heavy (non-hydrogen) atoms. The molecule has 0 radical (unpaired) electrons. The molecule has 0 aliphatic rings. The Morgan fingerprint density at radius 2 is 1.86 bits per heavy atom. The third kappa shape index (κ3) is 8.31. The van der Waals surface area contributed by atoms with Gasteiger partial charge in [0.25, 0.3) is 5.91 Å². The molecule has 0 unspecified atom stereocenters. The summed E-state index contributed by atoms with van der Waals surface area (Å²) in [5, 5.41) is 2.74. The Morgan fingerprint density at radius 3 is 2.59 bits per heavy atom. The monoisotopic (exact) mass is 415 g/mol. The molecule has 6 nitrogen and oxygen atoms in total. The van der Waals surface area contributed by atoms with Crippen LogP contribution in [0.25, 0.3) is 6.08 Å². The van der Waals surface area contributed by atoms with Crippen molar-refractivity contribution in [3.8, 4) is 11.5 Å². The van der Waals surface area contributed by atoms with E-state index in [9.17, 15) is 9.59 Å². The van der Waals surface area contributed by atoms with Gasteiger partial charge in [-0.1, -0.05) is 18.2 Å². The van der Waals surface area contributed by atoms with Crippen molar-refractivity contribution in [1.82, 2.24) is 5.32 Å². The number of thioether (sulfide) groups is 1. The standard InChI is InChI=1S/C22H25NO5S/c1-26-18-10-11-20(27-2)17(15-18)9-12-22(25)28-16-21(24)23-13-6-14-29-19-7-4-3-5-8-19/h3-5,7-12,15H,6,13-14,16H2,1-2H3,(H,23,24)/b12-9+. The van der Waals surface area contributed by atoms with Gasteiger partial charge in [0.1, 0.15) is 11.5 Å². The second-order valence-electron chi connectivity index (χ2n) is 5.91. The van der Waals surface area contributed by atoms with E-state index >= 15 is 0 Å². The highest BCUT2D eigenvalue weighted by Gasteiger charge is 2.06. The van der Waals surface area contributed by atoms with E-state index in [1.165, 1.54) is 11.0 Å². The summed E-state index contributed by atoms with van der Waals surface area (Å²) in [4.78, 5) is 24.8. The van der Waals surface area contributed by atoms with Gasteiger partial charge in [-0.15, -0.1) is 11.8 Å². The summed E-state index contributed by atoms with van der Waals surface area (Å²) in [6.07, 6.45) is 3.64. The lowest BCUT2D eigenvalue weighted by Gasteiger charge is -2.07. The van der Waals surface area contributed by atoms with Crippen LogP contribution in [0.5, 0.6) is 11.5 Å². The molecule has 0 aliphatic carbocycles. The Kier molecular flexibility index (Phi) is 9.65. The Labute approximate surface area is 175 Å². The van der Waals surface area contributed by atoms with Gasteiger partial charge < -0.3 is 19.5 Å². The molecule has 2 rings (SSSR count). The number of methoxy groups -OCH3 is 2. The molecule has 2 aromatic rings. The van der Waals surface area contributed by atoms with E-state index in [-0.39, 0.29) is 12.5 Å². The smallest absolute Gasteiger partial charge is 0.331 e. The molecule has 1 N–H and O–H groups in total. The third-order valence-corrected chi connectivity index (χ3v) is 4.93. The third-order valence-electron chi connectivity index (χ3n) is 3.84. The van der Waals surface area contributed by atoms with E-state index in [1.54, 1.807) is 50.3 Å². The van der Waals surface area contributed by atoms with Crippen molar-refractivity contribution in [3.05, 3.63) is 60.2 Å². The highest BCUT2D eigenvalue weighted by atomic mass is 32.2. The van der Waals surface area contributed by atoms with Gasteiger partial charge in [0.15, 0.2) is 6.61 Å². The summed E-state index contributed by atoms with van der Waals surface area (Å²) in [5.41, 5.74) is 0.671. The number of amides is 1. The largest absolute Gasteiger partial charge is 0.497 e. The lowest BCUT2D eigenvalue weighted by molar-refractivity contribution is -0.143. The van der Waals surface area contributed by atoms with Crippen molar-refractivity contribution < 1.29 is 23.8 Å². The van der Waals surface area contributed by atoms with E-state index < -0.39 is 5.97 Å². The van der Waals surface area contributed by atoms with Crippen LogP contribution in [-0.4, -0.2) is 45.0 Å². The molecule has 2 aromatic carbocycles. The van der Waals surface area contributed by atoms with Crippen LogP contribution in [0.4, 0.5) is 0 Å². The average molecular weight is 416 g/mol. The molecule has 0 saturated heterocycles. The van der Waals surface area contributed by atoms with Crippen molar-refractivity contribution in [2.24, 2.45) is 0 Å².